The van der Waals surface area contributed by atoms with Crippen molar-refractivity contribution < 1.29 is 14.6 Å². The highest BCUT2D eigenvalue weighted by atomic mass is 16.5. The molecule has 0 saturated carbocycles. The lowest BCUT2D eigenvalue weighted by atomic mass is 10.1. The lowest BCUT2D eigenvalue weighted by Crippen LogP contribution is -1.97. The van der Waals surface area contributed by atoms with Crippen molar-refractivity contribution >= 4 is 16.9 Å². The second-order valence-electron chi connectivity index (χ2n) is 5.58. The van der Waals surface area contributed by atoms with Gasteiger partial charge in [0, 0.05) is 29.2 Å². The van der Waals surface area contributed by atoms with Gasteiger partial charge in [0.25, 0.3) is 0 Å². The van der Waals surface area contributed by atoms with Crippen molar-refractivity contribution in [1.82, 2.24) is 4.57 Å². The van der Waals surface area contributed by atoms with Gasteiger partial charge in [-0.15, -0.1) is 0 Å². The summed E-state index contributed by atoms with van der Waals surface area (Å²) < 4.78 is 7.99. The molecule has 1 aromatic heterocycles. The Morgan fingerprint density at radius 1 is 1.22 bits per heavy atom. The molecule has 0 aliphatic heterocycles. The molecule has 0 radical (unpaired) electrons. The molecule has 0 amide bonds. The Labute approximate surface area is 134 Å². The van der Waals surface area contributed by atoms with E-state index in [1.165, 1.54) is 0 Å². The number of nitrogens with zero attached hydrogens (tertiary/aromatic N) is 1. The smallest absolute Gasteiger partial charge is 0.335 e. The zero-order valence-corrected chi connectivity index (χ0v) is 13.2. The largest absolute Gasteiger partial charge is 0.489 e. The maximum Gasteiger partial charge on any atom is 0.335 e. The van der Waals surface area contributed by atoms with Crippen molar-refractivity contribution in [3.05, 3.63) is 65.4 Å². The minimum absolute atomic E-state index is 0.295. The number of ether oxygens (including phenoxy) is 1. The van der Waals surface area contributed by atoms with E-state index >= 15 is 0 Å². The molecule has 4 nitrogen and oxygen atoms in total. The van der Waals surface area contributed by atoms with E-state index in [2.05, 4.69) is 11.5 Å². The average Bonchev–Trinajstić information content (AvgIpc) is 2.90. The zero-order chi connectivity index (χ0) is 16.4. The number of fused-ring (bicyclic) bond motifs is 1. The van der Waals surface area contributed by atoms with Crippen LogP contribution >= 0.6 is 0 Å². The zero-order valence-electron chi connectivity index (χ0n) is 13.2. The quantitative estimate of drug-likeness (QED) is 0.766. The summed E-state index contributed by atoms with van der Waals surface area (Å²) in [5.41, 5.74) is 3.46. The van der Waals surface area contributed by atoms with E-state index < -0.39 is 5.97 Å². The fourth-order valence-corrected chi connectivity index (χ4v) is 2.75. The molecule has 1 N–H and O–H groups in total. The fraction of sp³-hybridized carbons (Fsp3) is 0.211. The van der Waals surface area contributed by atoms with E-state index in [0.717, 1.165) is 34.3 Å². The molecule has 0 fully saturated rings. The van der Waals surface area contributed by atoms with Crippen LogP contribution in [0.5, 0.6) is 5.75 Å². The molecule has 0 unspecified atom stereocenters. The third-order valence-corrected chi connectivity index (χ3v) is 3.94. The van der Waals surface area contributed by atoms with Crippen molar-refractivity contribution in [3.8, 4) is 5.75 Å². The predicted molar refractivity (Wildman–Crippen MR) is 90.1 cm³/mol. The summed E-state index contributed by atoms with van der Waals surface area (Å²) in [5.74, 6) is -0.0986. The normalized spacial score (nSPS) is 10.9. The second kappa shape index (κ2) is 6.16. The number of hydrogen-bond donors (Lipinski definition) is 1. The molecular weight excluding hydrogens is 290 g/mol. The van der Waals surface area contributed by atoms with Gasteiger partial charge in [-0.25, -0.2) is 4.79 Å². The summed E-state index contributed by atoms with van der Waals surface area (Å²) in [6.07, 6.45) is 2.03. The monoisotopic (exact) mass is 309 g/mol. The first-order valence-electron chi connectivity index (χ1n) is 7.63. The number of aromatic carboxylic acids is 1. The molecule has 0 atom stereocenters. The first kappa shape index (κ1) is 15.2. The van der Waals surface area contributed by atoms with Crippen LogP contribution in [0.2, 0.25) is 0 Å². The molecule has 1 heterocycles. The van der Waals surface area contributed by atoms with Gasteiger partial charge in [0.05, 0.1) is 5.56 Å². The maximum absolute atomic E-state index is 11.2. The van der Waals surface area contributed by atoms with E-state index in [-0.39, 0.29) is 0 Å². The maximum atomic E-state index is 11.2. The molecule has 3 rings (SSSR count). The molecule has 2 aromatic carbocycles. The third-order valence-electron chi connectivity index (χ3n) is 3.94. The van der Waals surface area contributed by atoms with Crippen LogP contribution in [0.25, 0.3) is 10.9 Å². The summed E-state index contributed by atoms with van der Waals surface area (Å²) in [7, 11) is 0. The van der Waals surface area contributed by atoms with Crippen molar-refractivity contribution in [2.75, 3.05) is 0 Å². The SMILES string of the molecule is CCn1cc(COc2cccc(C)c2)c2cc(C(=O)O)ccc21. The van der Waals surface area contributed by atoms with Gasteiger partial charge in [-0.1, -0.05) is 12.1 Å². The van der Waals surface area contributed by atoms with Crippen LogP contribution in [0, 0.1) is 6.92 Å². The van der Waals surface area contributed by atoms with Gasteiger partial charge in [-0.3, -0.25) is 0 Å². The molecule has 4 heteroatoms. The van der Waals surface area contributed by atoms with Crippen LogP contribution in [-0.4, -0.2) is 15.6 Å². The Bertz CT molecular complexity index is 864. The minimum atomic E-state index is -0.915. The second-order valence-corrected chi connectivity index (χ2v) is 5.58. The molecule has 3 aromatic rings. The minimum Gasteiger partial charge on any atom is -0.489 e. The third kappa shape index (κ3) is 3.06. The van der Waals surface area contributed by atoms with E-state index in [1.54, 1.807) is 12.1 Å². The number of aryl methyl sites for hydroxylation is 2. The number of rotatable bonds is 5. The molecule has 0 aliphatic rings. The van der Waals surface area contributed by atoms with E-state index in [1.807, 2.05) is 43.5 Å². The first-order valence-corrected chi connectivity index (χ1v) is 7.63. The number of carboxylic acid groups (broad SMARTS) is 1. The van der Waals surface area contributed by atoms with Crippen molar-refractivity contribution in [1.29, 1.82) is 0 Å². The molecule has 118 valence electrons. The van der Waals surface area contributed by atoms with Gasteiger partial charge < -0.3 is 14.4 Å². The lowest BCUT2D eigenvalue weighted by Gasteiger charge is -2.06. The number of carboxylic acids is 1. The van der Waals surface area contributed by atoms with Gasteiger partial charge in [0.15, 0.2) is 0 Å². The Morgan fingerprint density at radius 3 is 2.74 bits per heavy atom. The topological polar surface area (TPSA) is 51.5 Å². The van der Waals surface area contributed by atoms with Gasteiger partial charge in [0.1, 0.15) is 12.4 Å². The highest BCUT2D eigenvalue weighted by Gasteiger charge is 2.12. The van der Waals surface area contributed by atoms with Crippen LogP contribution in [0.1, 0.15) is 28.4 Å². The van der Waals surface area contributed by atoms with Gasteiger partial charge in [0.2, 0.25) is 0 Å². The van der Waals surface area contributed by atoms with Gasteiger partial charge in [-0.05, 0) is 49.7 Å². The first-order chi connectivity index (χ1) is 11.1. The summed E-state index contributed by atoms with van der Waals surface area (Å²) in [4.78, 5) is 11.2. The van der Waals surface area contributed by atoms with E-state index in [9.17, 15) is 9.90 Å². The van der Waals surface area contributed by atoms with Crippen LogP contribution in [0.4, 0.5) is 0 Å². The number of benzene rings is 2. The number of aromatic nitrogens is 1. The van der Waals surface area contributed by atoms with E-state index in [0.29, 0.717) is 12.2 Å². The van der Waals surface area contributed by atoms with Crippen molar-refractivity contribution in [2.45, 2.75) is 27.0 Å². The summed E-state index contributed by atoms with van der Waals surface area (Å²) in [5, 5.41) is 10.1. The predicted octanol–water partition coefficient (Wildman–Crippen LogP) is 4.25. The Morgan fingerprint density at radius 2 is 2.04 bits per heavy atom. The Balaban J connectivity index is 1.95. The lowest BCUT2D eigenvalue weighted by molar-refractivity contribution is 0.0697. The van der Waals surface area contributed by atoms with Crippen LogP contribution < -0.4 is 4.74 Å². The molecule has 0 bridgehead atoms. The molecule has 0 saturated heterocycles. The van der Waals surface area contributed by atoms with Gasteiger partial charge in [-0.2, -0.15) is 0 Å². The molecule has 0 aliphatic carbocycles. The Hall–Kier alpha value is -2.75. The molecular formula is C19H19NO3. The van der Waals surface area contributed by atoms with Crippen molar-refractivity contribution in [3.63, 3.8) is 0 Å². The summed E-state index contributed by atoms with van der Waals surface area (Å²) in [6, 6.07) is 13.1. The number of hydrogen-bond acceptors (Lipinski definition) is 2. The van der Waals surface area contributed by atoms with Crippen LogP contribution in [0.3, 0.4) is 0 Å². The average molecular weight is 309 g/mol. The number of carbonyl (C=O) groups is 1. The summed E-state index contributed by atoms with van der Waals surface area (Å²) >= 11 is 0. The highest BCUT2D eigenvalue weighted by molar-refractivity contribution is 5.95. The molecule has 0 spiro atoms. The fourth-order valence-electron chi connectivity index (χ4n) is 2.75. The highest BCUT2D eigenvalue weighted by Crippen LogP contribution is 2.25. The van der Waals surface area contributed by atoms with E-state index in [4.69, 9.17) is 4.74 Å². The molecule has 23 heavy (non-hydrogen) atoms. The van der Waals surface area contributed by atoms with Gasteiger partial charge >= 0.3 is 5.97 Å². The van der Waals surface area contributed by atoms with Crippen molar-refractivity contribution in [2.24, 2.45) is 0 Å². The Kier molecular flexibility index (Phi) is 4.06. The summed E-state index contributed by atoms with van der Waals surface area (Å²) in [6.45, 7) is 5.33. The standard InChI is InChI=1S/C19H19NO3/c1-3-20-11-15(12-23-16-6-4-5-13(2)9-16)17-10-14(19(21)22)7-8-18(17)20/h4-11H,3,12H2,1-2H3,(H,21,22). The van der Waals surface area contributed by atoms with Crippen LogP contribution in [0.15, 0.2) is 48.7 Å². The van der Waals surface area contributed by atoms with Crippen LogP contribution in [-0.2, 0) is 13.2 Å².